The molecule has 0 spiro atoms. The van der Waals surface area contributed by atoms with Gasteiger partial charge in [0.2, 0.25) is 11.8 Å². The fourth-order valence-corrected chi connectivity index (χ4v) is 6.08. The van der Waals surface area contributed by atoms with Gasteiger partial charge in [-0.2, -0.15) is 11.3 Å². The molecule has 1 aromatic heterocycles. The first-order valence-corrected chi connectivity index (χ1v) is 13.9. The SMILES string of the molecule is CC(=O)N[C@@H]1CC[C@H]2CCOc3ccccc3C(=O)N3CCN(Cc4ccsc4)C[C@H]3C(=O)NC[C@H]1O2. The van der Waals surface area contributed by atoms with Gasteiger partial charge in [0.25, 0.3) is 5.91 Å². The average Bonchev–Trinajstić information content (AvgIpc) is 3.40. The van der Waals surface area contributed by atoms with E-state index in [1.165, 1.54) is 12.5 Å². The summed E-state index contributed by atoms with van der Waals surface area (Å²) in [5.74, 6) is -0.0135. The largest absolute Gasteiger partial charge is 0.493 e. The van der Waals surface area contributed by atoms with Gasteiger partial charge in [-0.25, -0.2) is 0 Å². The second-order valence-corrected chi connectivity index (χ2v) is 10.7. The highest BCUT2D eigenvalue weighted by Gasteiger charge is 2.38. The molecule has 0 saturated carbocycles. The Labute approximate surface area is 221 Å². The normalized spacial score (nSPS) is 27.2. The van der Waals surface area contributed by atoms with Crippen LogP contribution >= 0.6 is 11.3 Å². The Morgan fingerprint density at radius 1 is 1.16 bits per heavy atom. The number of amides is 3. The summed E-state index contributed by atoms with van der Waals surface area (Å²) in [6, 6.07) is 8.49. The highest BCUT2D eigenvalue weighted by molar-refractivity contribution is 7.07. The zero-order valence-electron chi connectivity index (χ0n) is 21.1. The summed E-state index contributed by atoms with van der Waals surface area (Å²) in [7, 11) is 0. The second-order valence-electron chi connectivity index (χ2n) is 9.94. The Hall–Kier alpha value is -2.95. The zero-order valence-corrected chi connectivity index (χ0v) is 21.9. The van der Waals surface area contributed by atoms with Gasteiger partial charge in [0.05, 0.1) is 30.4 Å². The number of para-hydroxylation sites is 1. The number of nitrogens with zero attached hydrogens (tertiary/aromatic N) is 2. The van der Waals surface area contributed by atoms with Crippen molar-refractivity contribution in [2.24, 2.45) is 0 Å². The maximum atomic E-state index is 13.8. The van der Waals surface area contributed by atoms with Crippen LogP contribution in [-0.2, 0) is 20.9 Å². The topological polar surface area (TPSA) is 100 Å². The van der Waals surface area contributed by atoms with Crippen molar-refractivity contribution in [1.29, 1.82) is 0 Å². The van der Waals surface area contributed by atoms with E-state index in [9.17, 15) is 14.4 Å². The van der Waals surface area contributed by atoms with Crippen molar-refractivity contribution in [2.45, 2.75) is 57.0 Å². The molecule has 10 heteroatoms. The minimum Gasteiger partial charge on any atom is -0.493 e. The number of carbonyl (C=O) groups is 3. The summed E-state index contributed by atoms with van der Waals surface area (Å²) in [4.78, 5) is 43.0. The molecule has 4 atom stereocenters. The zero-order chi connectivity index (χ0) is 25.8. The lowest BCUT2D eigenvalue weighted by molar-refractivity contribution is -0.131. The van der Waals surface area contributed by atoms with Gasteiger partial charge < -0.3 is 25.0 Å². The Morgan fingerprint density at radius 2 is 2.03 bits per heavy atom. The maximum Gasteiger partial charge on any atom is 0.258 e. The predicted octanol–water partition coefficient (Wildman–Crippen LogP) is 2.03. The molecule has 2 fully saturated rings. The summed E-state index contributed by atoms with van der Waals surface area (Å²) in [6.45, 7) is 4.44. The number of carbonyl (C=O) groups excluding carboxylic acids is 3. The highest BCUT2D eigenvalue weighted by atomic mass is 32.1. The van der Waals surface area contributed by atoms with Crippen LogP contribution in [0.4, 0.5) is 0 Å². The lowest BCUT2D eigenvalue weighted by Gasteiger charge is -2.41. The van der Waals surface area contributed by atoms with E-state index < -0.39 is 6.04 Å². The van der Waals surface area contributed by atoms with Crippen LogP contribution in [0.1, 0.15) is 42.1 Å². The van der Waals surface area contributed by atoms with Gasteiger partial charge in [-0.15, -0.1) is 0 Å². The Morgan fingerprint density at radius 3 is 2.84 bits per heavy atom. The number of hydrogen-bond acceptors (Lipinski definition) is 7. The van der Waals surface area contributed by atoms with E-state index in [4.69, 9.17) is 9.47 Å². The van der Waals surface area contributed by atoms with E-state index in [2.05, 4.69) is 27.0 Å². The Balaban J connectivity index is 1.41. The minimum atomic E-state index is -0.658. The standard InChI is InChI=1S/C27H34N4O5S/c1-18(32)29-22-7-6-20-8-12-35-24-5-3-2-4-21(24)27(34)31-11-10-30(15-19-9-13-37-17-19)16-23(31)26(33)28-14-25(22)36-20/h2-5,9,13,17,20,22-23,25H,6-8,10-12,14-16H2,1H3,(H,28,33)(H,29,32)/t20-,22+,23-,25+/m0/s1. The van der Waals surface area contributed by atoms with Crippen molar-refractivity contribution in [3.63, 3.8) is 0 Å². The number of rotatable bonds is 3. The van der Waals surface area contributed by atoms with Crippen LogP contribution in [-0.4, -0.2) is 84.6 Å². The molecular formula is C27H34N4O5S. The van der Waals surface area contributed by atoms with Gasteiger partial charge in [-0.1, -0.05) is 12.1 Å². The lowest BCUT2D eigenvalue weighted by Crippen LogP contribution is -2.61. The summed E-state index contributed by atoms with van der Waals surface area (Å²) in [5, 5.41) is 10.2. The number of nitrogens with one attached hydrogen (secondary N) is 2. The number of piperazine rings is 1. The average molecular weight is 527 g/mol. The van der Waals surface area contributed by atoms with Crippen molar-refractivity contribution < 1.29 is 23.9 Å². The number of ether oxygens (including phenoxy) is 2. The summed E-state index contributed by atoms with van der Waals surface area (Å²) >= 11 is 1.65. The quantitative estimate of drug-likeness (QED) is 0.635. The van der Waals surface area contributed by atoms with Crippen molar-refractivity contribution in [3.05, 3.63) is 52.2 Å². The molecule has 1 aromatic carbocycles. The van der Waals surface area contributed by atoms with Crippen LogP contribution < -0.4 is 15.4 Å². The predicted molar refractivity (Wildman–Crippen MR) is 139 cm³/mol. The third-order valence-electron chi connectivity index (χ3n) is 7.31. The van der Waals surface area contributed by atoms with E-state index in [0.29, 0.717) is 44.0 Å². The van der Waals surface area contributed by atoms with Crippen LogP contribution in [0.5, 0.6) is 5.75 Å². The number of hydrogen-bond donors (Lipinski definition) is 2. The van der Waals surface area contributed by atoms with Gasteiger partial charge >= 0.3 is 0 Å². The molecule has 9 nitrogen and oxygen atoms in total. The first-order valence-electron chi connectivity index (χ1n) is 12.9. The van der Waals surface area contributed by atoms with E-state index in [-0.39, 0.29) is 42.5 Å². The summed E-state index contributed by atoms with van der Waals surface area (Å²) in [6.07, 6.45) is 1.81. The van der Waals surface area contributed by atoms with E-state index in [0.717, 1.165) is 19.4 Å². The van der Waals surface area contributed by atoms with Crippen LogP contribution in [0, 0.1) is 0 Å². The molecule has 0 radical (unpaired) electrons. The second kappa shape index (κ2) is 11.6. The molecule has 3 aliphatic rings. The molecular weight excluding hydrogens is 492 g/mol. The third-order valence-corrected chi connectivity index (χ3v) is 8.04. The van der Waals surface area contributed by atoms with E-state index in [1.54, 1.807) is 28.4 Å². The molecule has 4 heterocycles. The van der Waals surface area contributed by atoms with Gasteiger partial charge in [-0.05, 0) is 47.4 Å². The number of fused-ring (bicyclic) bond motifs is 4. The van der Waals surface area contributed by atoms with Crippen molar-refractivity contribution in [2.75, 3.05) is 32.8 Å². The van der Waals surface area contributed by atoms with Gasteiger partial charge in [0.1, 0.15) is 11.8 Å². The van der Waals surface area contributed by atoms with Gasteiger partial charge in [0, 0.05) is 46.1 Å². The monoisotopic (exact) mass is 526 g/mol. The van der Waals surface area contributed by atoms with Crippen LogP contribution in [0.15, 0.2) is 41.1 Å². The van der Waals surface area contributed by atoms with Gasteiger partial charge in [0.15, 0.2) is 0 Å². The fourth-order valence-electron chi connectivity index (χ4n) is 5.42. The molecule has 37 heavy (non-hydrogen) atoms. The smallest absolute Gasteiger partial charge is 0.258 e. The first kappa shape index (κ1) is 25.7. The number of thiophene rings is 1. The van der Waals surface area contributed by atoms with Crippen molar-refractivity contribution >= 4 is 29.1 Å². The Kier molecular flexibility index (Phi) is 8.07. The maximum absolute atomic E-state index is 13.8. The molecule has 3 aliphatic heterocycles. The summed E-state index contributed by atoms with van der Waals surface area (Å²) < 4.78 is 12.4. The summed E-state index contributed by atoms with van der Waals surface area (Å²) in [5.41, 5.74) is 1.67. The van der Waals surface area contributed by atoms with E-state index >= 15 is 0 Å². The molecule has 198 valence electrons. The van der Waals surface area contributed by atoms with Crippen LogP contribution in [0.2, 0.25) is 0 Å². The lowest BCUT2D eigenvalue weighted by atomic mass is 9.96. The molecule has 2 N–H and O–H groups in total. The molecule has 2 bridgehead atoms. The van der Waals surface area contributed by atoms with Crippen LogP contribution in [0.25, 0.3) is 0 Å². The highest BCUT2D eigenvalue weighted by Crippen LogP contribution is 2.26. The third kappa shape index (κ3) is 6.14. The molecule has 5 rings (SSSR count). The molecule has 0 aliphatic carbocycles. The molecule has 2 saturated heterocycles. The van der Waals surface area contributed by atoms with Crippen molar-refractivity contribution in [3.8, 4) is 5.75 Å². The fraction of sp³-hybridized carbons (Fsp3) is 0.519. The molecule has 2 aromatic rings. The Bertz CT molecular complexity index is 1110. The molecule has 0 unspecified atom stereocenters. The van der Waals surface area contributed by atoms with Crippen LogP contribution in [0.3, 0.4) is 0 Å². The number of benzene rings is 1. The molecule has 3 amide bonds. The van der Waals surface area contributed by atoms with Crippen molar-refractivity contribution in [1.82, 2.24) is 20.4 Å². The first-order chi connectivity index (χ1) is 18.0. The minimum absolute atomic E-state index is 0.0509. The van der Waals surface area contributed by atoms with E-state index in [1.807, 2.05) is 17.5 Å². The van der Waals surface area contributed by atoms with Gasteiger partial charge in [-0.3, -0.25) is 19.3 Å².